The zero-order chi connectivity index (χ0) is 18.0. The third kappa shape index (κ3) is 2.13. The summed E-state index contributed by atoms with van der Waals surface area (Å²) in [5.74, 6) is 0.496. The van der Waals surface area contributed by atoms with Crippen molar-refractivity contribution in [2.45, 2.75) is 36.5 Å². The second-order valence-corrected chi connectivity index (χ2v) is 8.55. The summed E-state index contributed by atoms with van der Waals surface area (Å²) in [5, 5.41) is 3.93. The molecule has 3 heteroatoms. The van der Waals surface area contributed by atoms with Crippen molar-refractivity contribution < 1.29 is 4.57 Å². The lowest BCUT2D eigenvalue weighted by Crippen LogP contribution is -2.32. The van der Waals surface area contributed by atoms with Crippen molar-refractivity contribution >= 4 is 33.4 Å². The highest BCUT2D eigenvalue weighted by atomic mass is 32.2. The number of benzene rings is 3. The Morgan fingerprint density at radius 3 is 2.65 bits per heavy atom. The molecule has 3 aromatic carbocycles. The normalized spacial score (nSPS) is 12.8. The van der Waals surface area contributed by atoms with E-state index in [1.165, 1.54) is 48.3 Å². The summed E-state index contributed by atoms with van der Waals surface area (Å²) < 4.78 is 2.18. The van der Waals surface area contributed by atoms with Crippen molar-refractivity contribution in [2.24, 2.45) is 7.05 Å². The van der Waals surface area contributed by atoms with Crippen LogP contribution >= 0.6 is 11.8 Å². The van der Waals surface area contributed by atoms with E-state index in [2.05, 4.69) is 74.9 Å². The molecule has 0 amide bonds. The van der Waals surface area contributed by atoms with Gasteiger partial charge in [-0.3, -0.25) is 0 Å². The third-order valence-corrected chi connectivity index (χ3v) is 6.54. The second-order valence-electron chi connectivity index (χ2n) is 7.47. The van der Waals surface area contributed by atoms with Crippen LogP contribution in [0.3, 0.4) is 0 Å². The predicted molar refractivity (Wildman–Crippen MR) is 109 cm³/mol. The van der Waals surface area contributed by atoms with E-state index in [9.17, 15) is 0 Å². The van der Waals surface area contributed by atoms with E-state index >= 15 is 0 Å². The van der Waals surface area contributed by atoms with E-state index in [1.807, 2.05) is 18.1 Å². The van der Waals surface area contributed by atoms with Crippen molar-refractivity contribution in [3.63, 3.8) is 0 Å². The molecule has 1 aliphatic rings. The maximum absolute atomic E-state index is 4.74. The molecule has 4 aromatic rings. The van der Waals surface area contributed by atoms with Gasteiger partial charge in [0.15, 0.2) is 5.52 Å². The van der Waals surface area contributed by atoms with Gasteiger partial charge in [-0.2, -0.15) is 0 Å². The minimum atomic E-state index is 0.496. The van der Waals surface area contributed by atoms with Gasteiger partial charge in [-0.1, -0.05) is 49.9 Å². The van der Waals surface area contributed by atoms with E-state index in [0.29, 0.717) is 5.92 Å². The van der Waals surface area contributed by atoms with Crippen molar-refractivity contribution in [1.29, 1.82) is 0 Å². The fourth-order valence-corrected chi connectivity index (χ4v) is 5.32. The Balaban J connectivity index is 1.95. The fourth-order valence-electron chi connectivity index (χ4n) is 4.05. The number of aromatic nitrogens is 2. The van der Waals surface area contributed by atoms with Gasteiger partial charge >= 0.3 is 0 Å². The van der Waals surface area contributed by atoms with Gasteiger partial charge < -0.3 is 0 Å². The van der Waals surface area contributed by atoms with Crippen LogP contribution in [0.2, 0.25) is 0 Å². The second kappa shape index (κ2) is 5.55. The molecule has 2 nitrogen and oxygen atoms in total. The molecule has 0 spiro atoms. The molecule has 1 aromatic heterocycles. The van der Waals surface area contributed by atoms with E-state index in [4.69, 9.17) is 4.98 Å². The summed E-state index contributed by atoms with van der Waals surface area (Å²) >= 11 is 1.89. The molecule has 26 heavy (non-hydrogen) atoms. The maximum atomic E-state index is 4.74. The van der Waals surface area contributed by atoms with Crippen LogP contribution in [-0.4, -0.2) is 4.98 Å². The molecule has 0 saturated heterocycles. The predicted octanol–water partition coefficient (Wildman–Crippen LogP) is 5.78. The molecule has 0 unspecified atom stereocenters. The zero-order valence-electron chi connectivity index (χ0n) is 15.5. The first-order chi connectivity index (χ1) is 12.5. The lowest BCUT2D eigenvalue weighted by Gasteiger charge is -2.22. The summed E-state index contributed by atoms with van der Waals surface area (Å²) in [6, 6.07) is 15.7. The monoisotopic (exact) mass is 357 g/mol. The smallest absolute Gasteiger partial charge is 0.232 e. The molecule has 0 fully saturated rings. The first-order valence-corrected chi connectivity index (χ1v) is 9.89. The van der Waals surface area contributed by atoms with Gasteiger partial charge in [-0.05, 0) is 57.9 Å². The standard InChI is InChI=1S/C23H21N2S/c1-13(2)16-9-18-22-20(11-16)26-19-10-15-7-5-6-8-17(15)14(3)21(19)23(22)25(4)12-24-18/h5-13H,1-4H3/q+1. The fraction of sp³-hybridized carbons (Fsp3) is 0.217. The molecule has 0 aliphatic carbocycles. The Labute approximate surface area is 157 Å². The Morgan fingerprint density at radius 2 is 1.85 bits per heavy atom. The van der Waals surface area contributed by atoms with Crippen LogP contribution in [0.1, 0.15) is 30.9 Å². The largest absolute Gasteiger partial charge is 0.287 e. The molecular formula is C23H21N2S+. The average Bonchev–Trinajstić information content (AvgIpc) is 2.63. The Hall–Kier alpha value is -2.39. The highest BCUT2D eigenvalue weighted by Gasteiger charge is 2.29. The molecular weight excluding hydrogens is 336 g/mol. The molecule has 0 atom stereocenters. The average molecular weight is 358 g/mol. The minimum Gasteiger partial charge on any atom is -0.232 e. The zero-order valence-corrected chi connectivity index (χ0v) is 16.3. The first-order valence-electron chi connectivity index (χ1n) is 9.07. The van der Waals surface area contributed by atoms with Crippen molar-refractivity contribution in [2.75, 3.05) is 0 Å². The van der Waals surface area contributed by atoms with Gasteiger partial charge in [0.1, 0.15) is 5.69 Å². The van der Waals surface area contributed by atoms with E-state index in [0.717, 1.165) is 5.52 Å². The molecule has 0 saturated carbocycles. The molecule has 128 valence electrons. The van der Waals surface area contributed by atoms with Gasteiger partial charge in [-0.15, -0.1) is 0 Å². The van der Waals surface area contributed by atoms with Gasteiger partial charge in [0.2, 0.25) is 0 Å². The van der Waals surface area contributed by atoms with E-state index < -0.39 is 0 Å². The quantitative estimate of drug-likeness (QED) is 0.354. The van der Waals surface area contributed by atoms with E-state index in [-0.39, 0.29) is 0 Å². The number of fused-ring (bicyclic) bond motifs is 3. The first kappa shape index (κ1) is 15.8. The minimum absolute atomic E-state index is 0.496. The van der Waals surface area contributed by atoms with Crippen molar-refractivity contribution in [3.8, 4) is 11.3 Å². The Morgan fingerprint density at radius 1 is 1.04 bits per heavy atom. The number of hydrogen-bond acceptors (Lipinski definition) is 2. The van der Waals surface area contributed by atoms with Crippen LogP contribution in [0, 0.1) is 6.92 Å². The van der Waals surface area contributed by atoms with Crippen LogP contribution in [0.15, 0.2) is 58.6 Å². The van der Waals surface area contributed by atoms with Gasteiger partial charge in [0.25, 0.3) is 6.33 Å². The summed E-state index contributed by atoms with van der Waals surface area (Å²) in [6.45, 7) is 6.75. The maximum Gasteiger partial charge on any atom is 0.287 e. The number of aryl methyl sites for hydroxylation is 2. The van der Waals surface area contributed by atoms with Crippen molar-refractivity contribution in [1.82, 2.24) is 4.98 Å². The SMILES string of the molecule is Cc1c2c(cc3ccccc13)Sc1cc(C(C)C)cc3nc[n+](C)c-2c13. The highest BCUT2D eigenvalue weighted by Crippen LogP contribution is 2.49. The molecule has 5 rings (SSSR count). The molecule has 0 bridgehead atoms. The molecule has 0 radical (unpaired) electrons. The number of hydrogen-bond donors (Lipinski definition) is 0. The Kier molecular flexibility index (Phi) is 3.38. The lowest BCUT2D eigenvalue weighted by atomic mass is 9.94. The van der Waals surface area contributed by atoms with Crippen LogP contribution in [0.5, 0.6) is 0 Å². The van der Waals surface area contributed by atoms with Crippen LogP contribution in [0.25, 0.3) is 32.9 Å². The molecule has 1 aliphatic heterocycles. The summed E-state index contributed by atoms with van der Waals surface area (Å²) in [5.41, 5.74) is 6.45. The van der Waals surface area contributed by atoms with Gasteiger partial charge in [-0.25, -0.2) is 4.57 Å². The van der Waals surface area contributed by atoms with Crippen molar-refractivity contribution in [3.05, 3.63) is 59.9 Å². The number of nitrogens with zero attached hydrogens (tertiary/aromatic N) is 2. The molecule has 2 heterocycles. The number of rotatable bonds is 1. The Bertz CT molecular complexity index is 1210. The topological polar surface area (TPSA) is 16.8 Å². The van der Waals surface area contributed by atoms with Crippen LogP contribution in [0.4, 0.5) is 0 Å². The molecule has 0 N–H and O–H groups in total. The summed E-state index contributed by atoms with van der Waals surface area (Å²) in [6.07, 6.45) is 1.96. The summed E-state index contributed by atoms with van der Waals surface area (Å²) in [7, 11) is 2.11. The van der Waals surface area contributed by atoms with E-state index in [1.54, 1.807) is 0 Å². The highest BCUT2D eigenvalue weighted by molar-refractivity contribution is 7.99. The van der Waals surface area contributed by atoms with Gasteiger partial charge in [0, 0.05) is 15.4 Å². The lowest BCUT2D eigenvalue weighted by molar-refractivity contribution is -0.662. The third-order valence-electron chi connectivity index (χ3n) is 5.46. The van der Waals surface area contributed by atoms with Crippen LogP contribution < -0.4 is 4.57 Å². The van der Waals surface area contributed by atoms with Crippen LogP contribution in [-0.2, 0) is 7.05 Å². The summed E-state index contributed by atoms with van der Waals surface area (Å²) in [4.78, 5) is 7.41. The van der Waals surface area contributed by atoms with Gasteiger partial charge in [0.05, 0.1) is 12.4 Å².